The number of hydrogen-bond acceptors (Lipinski definition) is 4. The van der Waals surface area contributed by atoms with E-state index in [1.165, 1.54) is 0 Å². The Kier molecular flexibility index (Phi) is 2.81. The van der Waals surface area contributed by atoms with E-state index in [4.69, 9.17) is 5.73 Å². The average molecular weight is 306 g/mol. The molecule has 116 valence electrons. The highest BCUT2D eigenvalue weighted by Crippen LogP contribution is 2.37. The summed E-state index contributed by atoms with van der Waals surface area (Å²) in [6, 6.07) is 8.24. The van der Waals surface area contributed by atoms with Gasteiger partial charge in [-0.15, -0.1) is 0 Å². The van der Waals surface area contributed by atoms with E-state index in [0.717, 1.165) is 38.9 Å². The van der Waals surface area contributed by atoms with Crippen molar-refractivity contribution < 1.29 is 0 Å². The molecule has 1 aromatic carbocycles. The van der Waals surface area contributed by atoms with Crippen LogP contribution in [0.4, 0.5) is 11.8 Å². The highest BCUT2D eigenvalue weighted by molar-refractivity contribution is 6.15. The number of anilines is 2. The minimum absolute atomic E-state index is 0.286. The van der Waals surface area contributed by atoms with Crippen LogP contribution in [0.1, 0.15) is 0 Å². The second-order valence-electron chi connectivity index (χ2n) is 5.89. The summed E-state index contributed by atoms with van der Waals surface area (Å²) in [6.45, 7) is 0. The number of aromatic amines is 1. The van der Waals surface area contributed by atoms with Gasteiger partial charge in [0, 0.05) is 50.2 Å². The number of H-pyrrole nitrogens is 1. The predicted molar refractivity (Wildman–Crippen MR) is 94.5 cm³/mol. The zero-order valence-corrected chi connectivity index (χ0v) is 13.3. The number of nitrogens with zero attached hydrogens (tertiary/aromatic N) is 4. The molecule has 4 rings (SSSR count). The maximum Gasteiger partial charge on any atom is 0.222 e. The Morgan fingerprint density at radius 3 is 2.74 bits per heavy atom. The van der Waals surface area contributed by atoms with Crippen molar-refractivity contribution >= 4 is 33.6 Å². The first-order chi connectivity index (χ1) is 11.1. The van der Waals surface area contributed by atoms with Gasteiger partial charge in [-0.3, -0.25) is 0 Å². The van der Waals surface area contributed by atoms with Crippen molar-refractivity contribution in [1.82, 2.24) is 19.5 Å². The fourth-order valence-corrected chi connectivity index (χ4v) is 3.14. The fraction of sp³-hybridized carbons (Fsp3) is 0.176. The number of aromatic nitrogens is 4. The van der Waals surface area contributed by atoms with E-state index in [-0.39, 0.29) is 5.95 Å². The lowest BCUT2D eigenvalue weighted by Crippen LogP contribution is -2.13. The number of fused-ring (bicyclic) bond motifs is 3. The molecule has 6 heteroatoms. The van der Waals surface area contributed by atoms with Crippen molar-refractivity contribution in [3.63, 3.8) is 0 Å². The Hall–Kier alpha value is -3.02. The van der Waals surface area contributed by atoms with E-state index < -0.39 is 0 Å². The topological polar surface area (TPSA) is 75.8 Å². The number of aryl methyl sites for hydroxylation is 1. The zero-order valence-electron chi connectivity index (χ0n) is 13.3. The van der Waals surface area contributed by atoms with Gasteiger partial charge < -0.3 is 20.2 Å². The molecule has 0 aliphatic heterocycles. The van der Waals surface area contributed by atoms with E-state index in [1.54, 1.807) is 0 Å². The SMILES string of the molecule is CN(C)c1nc(N)nc2cc(-c3ccc[nH]3)c3c(ccn3C)c12. The Morgan fingerprint density at radius 2 is 2.04 bits per heavy atom. The number of nitrogens with one attached hydrogen (secondary N) is 1. The summed E-state index contributed by atoms with van der Waals surface area (Å²) in [5, 5.41) is 2.15. The molecule has 0 fully saturated rings. The van der Waals surface area contributed by atoms with Gasteiger partial charge in [-0.1, -0.05) is 0 Å². The first-order valence-corrected chi connectivity index (χ1v) is 7.42. The van der Waals surface area contributed by atoms with E-state index in [0.29, 0.717) is 0 Å². The largest absolute Gasteiger partial charge is 0.368 e. The van der Waals surface area contributed by atoms with E-state index in [1.807, 2.05) is 38.3 Å². The summed E-state index contributed by atoms with van der Waals surface area (Å²) in [4.78, 5) is 14.1. The summed E-state index contributed by atoms with van der Waals surface area (Å²) in [5.41, 5.74) is 10.1. The molecule has 0 bridgehead atoms. The Bertz CT molecular complexity index is 1010. The highest BCUT2D eigenvalue weighted by atomic mass is 15.2. The quantitative estimate of drug-likeness (QED) is 0.597. The molecular weight excluding hydrogens is 288 g/mol. The molecular formula is C17H18N6. The zero-order chi connectivity index (χ0) is 16.1. The lowest BCUT2D eigenvalue weighted by atomic mass is 10.0. The van der Waals surface area contributed by atoms with Gasteiger partial charge in [0.1, 0.15) is 5.82 Å². The summed E-state index contributed by atoms with van der Waals surface area (Å²) >= 11 is 0. The van der Waals surface area contributed by atoms with Gasteiger partial charge in [-0.2, -0.15) is 4.98 Å². The molecule has 4 aromatic rings. The molecule has 3 N–H and O–H groups in total. The lowest BCUT2D eigenvalue weighted by molar-refractivity contribution is 0.970. The van der Waals surface area contributed by atoms with Crippen molar-refractivity contribution in [2.75, 3.05) is 24.7 Å². The van der Waals surface area contributed by atoms with Crippen LogP contribution in [0.25, 0.3) is 33.1 Å². The number of nitrogens with two attached hydrogens (primary N) is 1. The van der Waals surface area contributed by atoms with Gasteiger partial charge in [0.15, 0.2) is 0 Å². The molecule has 0 saturated heterocycles. The summed E-state index contributed by atoms with van der Waals surface area (Å²) in [5.74, 6) is 1.12. The monoisotopic (exact) mass is 306 g/mol. The second kappa shape index (κ2) is 4.74. The van der Waals surface area contributed by atoms with Crippen molar-refractivity contribution in [2.45, 2.75) is 0 Å². The van der Waals surface area contributed by atoms with Crippen molar-refractivity contribution in [1.29, 1.82) is 0 Å². The first-order valence-electron chi connectivity index (χ1n) is 7.42. The third kappa shape index (κ3) is 1.95. The molecule has 0 aliphatic carbocycles. The van der Waals surface area contributed by atoms with Crippen LogP contribution in [-0.4, -0.2) is 33.6 Å². The third-order valence-electron chi connectivity index (χ3n) is 4.13. The van der Waals surface area contributed by atoms with E-state index in [9.17, 15) is 0 Å². The average Bonchev–Trinajstić information content (AvgIpc) is 3.15. The molecule has 3 aromatic heterocycles. The number of hydrogen-bond donors (Lipinski definition) is 2. The summed E-state index contributed by atoms with van der Waals surface area (Å²) < 4.78 is 2.13. The molecule has 0 saturated carbocycles. The fourth-order valence-electron chi connectivity index (χ4n) is 3.14. The maximum atomic E-state index is 5.92. The van der Waals surface area contributed by atoms with Crippen LogP contribution < -0.4 is 10.6 Å². The van der Waals surface area contributed by atoms with Crippen LogP contribution in [-0.2, 0) is 7.05 Å². The predicted octanol–water partition coefficient (Wildman–Crippen LogP) is 2.76. The van der Waals surface area contributed by atoms with Crippen molar-refractivity contribution in [3.05, 3.63) is 36.7 Å². The molecule has 3 heterocycles. The van der Waals surface area contributed by atoms with Crippen LogP contribution in [0.3, 0.4) is 0 Å². The normalized spacial score (nSPS) is 11.4. The van der Waals surface area contributed by atoms with Crippen LogP contribution in [0.2, 0.25) is 0 Å². The summed E-state index contributed by atoms with van der Waals surface area (Å²) in [7, 11) is 5.98. The Labute approximate surface area is 133 Å². The summed E-state index contributed by atoms with van der Waals surface area (Å²) in [6.07, 6.45) is 3.99. The van der Waals surface area contributed by atoms with Crippen LogP contribution in [0.5, 0.6) is 0 Å². The minimum Gasteiger partial charge on any atom is -0.368 e. The standard InChI is InChI=1S/C17H18N6/c1-22(2)16-14-10-6-8-23(3)15(10)11(12-5-4-7-19-12)9-13(14)20-17(18)21-16/h4-9,19H,1-3H3,(H2,18,20,21). The van der Waals surface area contributed by atoms with E-state index >= 15 is 0 Å². The number of rotatable bonds is 2. The first kappa shape index (κ1) is 13.6. The van der Waals surface area contributed by atoms with Crippen molar-refractivity contribution in [3.8, 4) is 11.3 Å². The van der Waals surface area contributed by atoms with Gasteiger partial charge >= 0.3 is 0 Å². The second-order valence-corrected chi connectivity index (χ2v) is 5.89. The molecule has 23 heavy (non-hydrogen) atoms. The molecule has 0 atom stereocenters. The van der Waals surface area contributed by atoms with E-state index in [2.05, 4.69) is 43.9 Å². The van der Waals surface area contributed by atoms with Gasteiger partial charge in [-0.25, -0.2) is 4.98 Å². The minimum atomic E-state index is 0.286. The van der Waals surface area contributed by atoms with Crippen LogP contribution in [0.15, 0.2) is 36.7 Å². The Balaban J connectivity index is 2.23. The number of benzene rings is 1. The van der Waals surface area contributed by atoms with Crippen LogP contribution in [0, 0.1) is 0 Å². The van der Waals surface area contributed by atoms with Gasteiger partial charge in [0.2, 0.25) is 5.95 Å². The molecule has 0 radical (unpaired) electrons. The Morgan fingerprint density at radius 1 is 1.22 bits per heavy atom. The molecule has 6 nitrogen and oxygen atoms in total. The van der Waals surface area contributed by atoms with Gasteiger partial charge in [0.05, 0.1) is 16.4 Å². The molecule has 0 unspecified atom stereocenters. The lowest BCUT2D eigenvalue weighted by Gasteiger charge is -2.16. The smallest absolute Gasteiger partial charge is 0.222 e. The van der Waals surface area contributed by atoms with Gasteiger partial charge in [-0.05, 0) is 24.3 Å². The van der Waals surface area contributed by atoms with Crippen LogP contribution >= 0.6 is 0 Å². The maximum absolute atomic E-state index is 5.92. The highest BCUT2D eigenvalue weighted by Gasteiger charge is 2.17. The third-order valence-corrected chi connectivity index (χ3v) is 4.13. The molecule has 0 amide bonds. The molecule has 0 spiro atoms. The number of nitrogen functional groups attached to an aromatic ring is 1. The van der Waals surface area contributed by atoms with Crippen molar-refractivity contribution in [2.24, 2.45) is 7.05 Å². The molecule has 0 aliphatic rings. The van der Waals surface area contributed by atoms with Gasteiger partial charge in [0.25, 0.3) is 0 Å².